The molecule has 0 spiro atoms. The number of carbonyl (C=O) groups is 1. The summed E-state index contributed by atoms with van der Waals surface area (Å²) < 4.78 is 5.08. The first kappa shape index (κ1) is 16.7. The Labute approximate surface area is 129 Å². The van der Waals surface area contributed by atoms with Gasteiger partial charge in [0.25, 0.3) is 0 Å². The van der Waals surface area contributed by atoms with E-state index in [1.807, 2.05) is 0 Å². The van der Waals surface area contributed by atoms with Gasteiger partial charge in [0.15, 0.2) is 0 Å². The van der Waals surface area contributed by atoms with Gasteiger partial charge in [0.05, 0.1) is 7.11 Å². The first-order valence-electron chi connectivity index (χ1n) is 8.45. The van der Waals surface area contributed by atoms with Gasteiger partial charge in [-0.2, -0.15) is 0 Å². The number of esters is 1. The van der Waals surface area contributed by atoms with Crippen LogP contribution in [0.2, 0.25) is 0 Å². The van der Waals surface area contributed by atoms with Crippen LogP contribution in [-0.2, 0) is 9.53 Å². The van der Waals surface area contributed by atoms with Crippen molar-refractivity contribution in [3.8, 4) is 0 Å². The molecule has 2 rings (SSSR count). The van der Waals surface area contributed by atoms with Crippen LogP contribution in [0.5, 0.6) is 0 Å². The number of rotatable bonds is 6. The van der Waals surface area contributed by atoms with Gasteiger partial charge >= 0.3 is 5.97 Å². The fourth-order valence-corrected chi connectivity index (χ4v) is 3.75. The third kappa shape index (κ3) is 3.76. The van der Waals surface area contributed by atoms with E-state index in [9.17, 15) is 4.79 Å². The number of hydrogen-bond acceptors (Lipinski definition) is 5. The van der Waals surface area contributed by atoms with Crippen molar-refractivity contribution >= 4 is 5.97 Å². The normalized spacial score (nSPS) is 31.5. The zero-order valence-electron chi connectivity index (χ0n) is 13.9. The summed E-state index contributed by atoms with van der Waals surface area (Å²) >= 11 is 0. The lowest BCUT2D eigenvalue weighted by atomic mass is 9.96. The van der Waals surface area contributed by atoms with Crippen LogP contribution < -0.4 is 5.32 Å². The molecule has 0 bridgehead atoms. The molecule has 0 aromatic carbocycles. The second-order valence-electron chi connectivity index (χ2n) is 6.37. The van der Waals surface area contributed by atoms with E-state index in [2.05, 4.69) is 29.0 Å². The summed E-state index contributed by atoms with van der Waals surface area (Å²) in [5.41, 5.74) is -0.447. The van der Waals surface area contributed by atoms with Crippen molar-refractivity contribution < 1.29 is 9.53 Å². The Morgan fingerprint density at radius 1 is 1.29 bits per heavy atom. The molecule has 1 N–H and O–H groups in total. The van der Waals surface area contributed by atoms with E-state index >= 15 is 0 Å². The molecular formula is C16H31N3O2. The summed E-state index contributed by atoms with van der Waals surface area (Å²) in [7, 11) is 1.51. The Morgan fingerprint density at radius 3 is 2.57 bits per heavy atom. The third-order valence-electron chi connectivity index (χ3n) is 5.15. The molecule has 2 fully saturated rings. The number of likely N-dealkylation sites (N-methyl/N-ethyl adjacent to an activating group) is 1. The molecule has 0 amide bonds. The highest BCUT2D eigenvalue weighted by Crippen LogP contribution is 2.34. The van der Waals surface area contributed by atoms with Crippen molar-refractivity contribution in [1.82, 2.24) is 15.1 Å². The summed E-state index contributed by atoms with van der Waals surface area (Å²) in [5, 5.41) is 3.47. The topological polar surface area (TPSA) is 44.8 Å². The highest BCUT2D eigenvalue weighted by atomic mass is 16.5. The van der Waals surface area contributed by atoms with E-state index in [-0.39, 0.29) is 5.97 Å². The summed E-state index contributed by atoms with van der Waals surface area (Å²) in [4.78, 5) is 17.3. The maximum Gasteiger partial charge on any atom is 0.326 e. The molecule has 5 heteroatoms. The average Bonchev–Trinajstić information content (AvgIpc) is 2.98. The van der Waals surface area contributed by atoms with Crippen LogP contribution in [0, 0.1) is 0 Å². The fourth-order valence-electron chi connectivity index (χ4n) is 3.75. The Kier molecular flexibility index (Phi) is 6.02. The summed E-state index contributed by atoms with van der Waals surface area (Å²) in [6, 6.07) is 0.521. The predicted octanol–water partition coefficient (Wildman–Crippen LogP) is 1.09. The number of ether oxygens (including phenoxy) is 1. The second kappa shape index (κ2) is 7.56. The number of methoxy groups -OCH3 is 1. The maximum absolute atomic E-state index is 12.3. The number of piperazine rings is 1. The summed E-state index contributed by atoms with van der Waals surface area (Å²) in [6.45, 7) is 10.9. The van der Waals surface area contributed by atoms with Gasteiger partial charge in [-0.1, -0.05) is 13.8 Å². The van der Waals surface area contributed by atoms with E-state index < -0.39 is 5.54 Å². The second-order valence-corrected chi connectivity index (χ2v) is 6.37. The fraction of sp³-hybridized carbons (Fsp3) is 0.938. The predicted molar refractivity (Wildman–Crippen MR) is 84.4 cm³/mol. The van der Waals surface area contributed by atoms with Gasteiger partial charge < -0.3 is 15.0 Å². The zero-order valence-corrected chi connectivity index (χ0v) is 13.9. The summed E-state index contributed by atoms with van der Waals surface area (Å²) in [5.74, 6) is -0.0781. The van der Waals surface area contributed by atoms with Gasteiger partial charge in [0.1, 0.15) is 5.54 Å². The number of nitrogens with zero attached hydrogens (tertiary/aromatic N) is 2. The third-order valence-corrected chi connectivity index (χ3v) is 5.15. The maximum atomic E-state index is 12.3. The Hall–Kier alpha value is -0.650. The largest absolute Gasteiger partial charge is 0.468 e. The SMILES string of the molecule is CCCNC1(C(=O)OC)CCC(N2CCN(CC)CC2)C1. The van der Waals surface area contributed by atoms with Crippen molar-refractivity contribution in [2.45, 2.75) is 51.1 Å². The number of nitrogens with one attached hydrogen (secondary N) is 1. The van der Waals surface area contributed by atoms with Gasteiger partial charge in [-0.15, -0.1) is 0 Å². The van der Waals surface area contributed by atoms with Crippen LogP contribution in [0.4, 0.5) is 0 Å². The van der Waals surface area contributed by atoms with Crippen molar-refractivity contribution in [2.75, 3.05) is 46.4 Å². The Bertz CT molecular complexity index is 342. The molecule has 1 aliphatic heterocycles. The van der Waals surface area contributed by atoms with Crippen molar-refractivity contribution in [3.63, 3.8) is 0 Å². The summed E-state index contributed by atoms with van der Waals surface area (Å²) in [6.07, 6.45) is 3.93. The first-order chi connectivity index (χ1) is 10.1. The average molecular weight is 297 g/mol. The minimum Gasteiger partial charge on any atom is -0.468 e. The molecule has 0 aromatic heterocycles. The lowest BCUT2D eigenvalue weighted by Crippen LogP contribution is -2.54. The molecule has 21 heavy (non-hydrogen) atoms. The molecule has 2 atom stereocenters. The van der Waals surface area contributed by atoms with Gasteiger partial charge in [0, 0.05) is 32.2 Å². The highest BCUT2D eigenvalue weighted by Gasteiger charge is 2.47. The van der Waals surface area contributed by atoms with Gasteiger partial charge in [-0.05, 0) is 38.8 Å². The number of carbonyl (C=O) groups excluding carboxylic acids is 1. The molecule has 122 valence electrons. The van der Waals surface area contributed by atoms with E-state index in [1.54, 1.807) is 0 Å². The monoisotopic (exact) mass is 297 g/mol. The van der Waals surface area contributed by atoms with Crippen LogP contribution in [0.15, 0.2) is 0 Å². The Balaban J connectivity index is 1.94. The van der Waals surface area contributed by atoms with Gasteiger partial charge in [-0.25, -0.2) is 0 Å². The minimum atomic E-state index is -0.447. The van der Waals surface area contributed by atoms with Crippen LogP contribution in [0.1, 0.15) is 39.5 Å². The molecule has 2 unspecified atom stereocenters. The Morgan fingerprint density at radius 2 is 2.00 bits per heavy atom. The van der Waals surface area contributed by atoms with Crippen LogP contribution >= 0.6 is 0 Å². The molecule has 1 saturated heterocycles. The molecule has 1 heterocycles. The molecular weight excluding hydrogens is 266 g/mol. The van der Waals surface area contributed by atoms with Crippen LogP contribution in [0.25, 0.3) is 0 Å². The van der Waals surface area contributed by atoms with Gasteiger partial charge in [0.2, 0.25) is 0 Å². The minimum absolute atomic E-state index is 0.0781. The van der Waals surface area contributed by atoms with Crippen LogP contribution in [0.3, 0.4) is 0 Å². The molecule has 1 saturated carbocycles. The quantitative estimate of drug-likeness (QED) is 0.744. The van der Waals surface area contributed by atoms with Crippen LogP contribution in [-0.4, -0.2) is 73.7 Å². The van der Waals surface area contributed by atoms with Crippen molar-refractivity contribution in [1.29, 1.82) is 0 Å². The van der Waals surface area contributed by atoms with E-state index in [4.69, 9.17) is 4.74 Å². The van der Waals surface area contributed by atoms with E-state index in [0.717, 1.165) is 65.0 Å². The smallest absolute Gasteiger partial charge is 0.326 e. The zero-order chi connectivity index (χ0) is 15.3. The van der Waals surface area contributed by atoms with Gasteiger partial charge in [-0.3, -0.25) is 9.69 Å². The lowest BCUT2D eigenvalue weighted by Gasteiger charge is -2.38. The molecule has 0 radical (unpaired) electrons. The molecule has 2 aliphatic rings. The highest BCUT2D eigenvalue weighted by molar-refractivity contribution is 5.81. The van der Waals surface area contributed by atoms with Crippen molar-refractivity contribution in [2.24, 2.45) is 0 Å². The van der Waals surface area contributed by atoms with Crippen molar-refractivity contribution in [3.05, 3.63) is 0 Å². The molecule has 1 aliphatic carbocycles. The van der Waals surface area contributed by atoms with E-state index in [0.29, 0.717) is 6.04 Å². The van der Waals surface area contributed by atoms with E-state index in [1.165, 1.54) is 7.11 Å². The molecule has 0 aromatic rings. The standard InChI is InChI=1S/C16H31N3O2/c1-4-8-17-16(15(20)21-3)7-6-14(13-16)19-11-9-18(5-2)10-12-19/h14,17H,4-13H2,1-3H3. The first-order valence-corrected chi connectivity index (χ1v) is 8.45. The number of hydrogen-bond donors (Lipinski definition) is 1. The molecule has 5 nitrogen and oxygen atoms in total. The lowest BCUT2D eigenvalue weighted by molar-refractivity contribution is -0.148.